The molecule has 3 aliphatic rings. The molecule has 208 valence electrons. The van der Waals surface area contributed by atoms with Crippen molar-refractivity contribution in [3.8, 4) is 11.5 Å². The zero-order chi connectivity index (χ0) is 27.9. The Morgan fingerprint density at radius 2 is 1.87 bits per heavy atom. The number of pyridine rings is 1. The molecule has 2 amide bonds. The summed E-state index contributed by atoms with van der Waals surface area (Å²) in [6.45, 7) is 3.50. The summed E-state index contributed by atoms with van der Waals surface area (Å²) in [5.74, 6) is -0.367. The fourth-order valence-electron chi connectivity index (χ4n) is 5.57. The van der Waals surface area contributed by atoms with Crippen molar-refractivity contribution < 1.29 is 28.6 Å². The van der Waals surface area contributed by atoms with Crippen molar-refractivity contribution in [1.29, 1.82) is 0 Å². The second-order valence-electron chi connectivity index (χ2n) is 11.8. The van der Waals surface area contributed by atoms with E-state index in [1.54, 1.807) is 26.0 Å². The van der Waals surface area contributed by atoms with Gasteiger partial charge >= 0.3 is 0 Å². The van der Waals surface area contributed by atoms with Crippen molar-refractivity contribution >= 4 is 17.4 Å². The van der Waals surface area contributed by atoms with Crippen LogP contribution in [0, 0.1) is 11.2 Å². The van der Waals surface area contributed by atoms with Gasteiger partial charge in [0, 0.05) is 18.2 Å². The Hall–Kier alpha value is -3.66. The van der Waals surface area contributed by atoms with E-state index in [4.69, 9.17) is 25.9 Å². The molecule has 0 bridgehead atoms. The van der Waals surface area contributed by atoms with E-state index in [1.165, 1.54) is 18.3 Å². The molecule has 0 unspecified atom stereocenters. The molecule has 6 N–H and O–H groups in total. The lowest BCUT2D eigenvalue weighted by atomic mass is 9.53. The molecule has 10 heteroatoms. The van der Waals surface area contributed by atoms with Gasteiger partial charge in [0.15, 0.2) is 0 Å². The number of hydrogen-bond donors (Lipinski definition) is 4. The average molecular weight is 539 g/mol. The number of halogens is 1. The number of rotatable bonds is 10. The summed E-state index contributed by atoms with van der Waals surface area (Å²) in [6, 6.07) is 7.28. The van der Waals surface area contributed by atoms with E-state index < -0.39 is 17.3 Å². The number of aliphatic hydroxyl groups is 1. The molecule has 3 saturated carbocycles. The largest absolute Gasteiger partial charge is 0.490 e. The van der Waals surface area contributed by atoms with Gasteiger partial charge in [-0.1, -0.05) is 0 Å². The fraction of sp³-hybridized carbons (Fsp3) is 0.483. The number of nitrogens with one attached hydrogen (secondary N) is 1. The van der Waals surface area contributed by atoms with E-state index in [9.17, 15) is 19.1 Å². The van der Waals surface area contributed by atoms with Gasteiger partial charge in [-0.05, 0) is 88.1 Å². The van der Waals surface area contributed by atoms with Crippen LogP contribution in [0.5, 0.6) is 11.5 Å². The van der Waals surface area contributed by atoms with Gasteiger partial charge in [0.1, 0.15) is 23.9 Å². The minimum Gasteiger partial charge on any atom is -0.490 e. The molecule has 2 aromatic rings. The number of nitrogens with zero attached hydrogens (tertiary/aromatic N) is 1. The van der Waals surface area contributed by atoms with Crippen molar-refractivity contribution in [1.82, 2.24) is 10.3 Å². The third kappa shape index (κ3) is 6.00. The van der Waals surface area contributed by atoms with Crippen LogP contribution in [0.1, 0.15) is 80.0 Å². The minimum atomic E-state index is -0.970. The van der Waals surface area contributed by atoms with Crippen LogP contribution in [0.3, 0.4) is 0 Å². The van der Waals surface area contributed by atoms with E-state index in [0.29, 0.717) is 22.8 Å². The van der Waals surface area contributed by atoms with Crippen molar-refractivity contribution in [3.05, 3.63) is 59.3 Å². The normalized spacial score (nSPS) is 24.5. The van der Waals surface area contributed by atoms with Crippen LogP contribution in [-0.4, -0.2) is 46.3 Å². The zero-order valence-electron chi connectivity index (χ0n) is 22.2. The highest BCUT2D eigenvalue weighted by atomic mass is 19.1. The lowest BCUT2D eigenvalue weighted by Crippen LogP contribution is -2.58. The molecule has 1 aromatic heterocycles. The molecule has 3 aliphatic carbocycles. The second kappa shape index (κ2) is 10.1. The summed E-state index contributed by atoms with van der Waals surface area (Å²) in [7, 11) is 0. The first-order chi connectivity index (χ1) is 18.4. The van der Waals surface area contributed by atoms with Crippen LogP contribution in [0.15, 0.2) is 36.5 Å². The van der Waals surface area contributed by atoms with Gasteiger partial charge in [-0.2, -0.15) is 0 Å². The van der Waals surface area contributed by atoms with Crippen LogP contribution >= 0.6 is 0 Å². The summed E-state index contributed by atoms with van der Waals surface area (Å²) < 4.78 is 25.2. The highest BCUT2D eigenvalue weighted by Crippen LogP contribution is 2.57. The Morgan fingerprint density at radius 1 is 1.18 bits per heavy atom. The van der Waals surface area contributed by atoms with Crippen LogP contribution < -0.4 is 26.3 Å². The topological polar surface area (TPSA) is 150 Å². The Morgan fingerprint density at radius 3 is 2.49 bits per heavy atom. The van der Waals surface area contributed by atoms with Crippen LogP contribution in [-0.2, 0) is 4.79 Å². The van der Waals surface area contributed by atoms with Gasteiger partial charge in [-0.15, -0.1) is 0 Å². The number of aromatic nitrogens is 1. The number of hydrogen-bond acceptors (Lipinski definition) is 7. The monoisotopic (exact) mass is 538 g/mol. The summed E-state index contributed by atoms with van der Waals surface area (Å²) in [6.07, 6.45) is 6.39. The summed E-state index contributed by atoms with van der Waals surface area (Å²) in [5.41, 5.74) is 11.9. The third-order valence-electron chi connectivity index (χ3n) is 7.63. The van der Waals surface area contributed by atoms with Gasteiger partial charge in [-0.25, -0.2) is 9.37 Å². The molecular weight excluding hydrogens is 503 g/mol. The van der Waals surface area contributed by atoms with Crippen LogP contribution in [0.4, 0.5) is 4.39 Å². The van der Waals surface area contributed by atoms with Gasteiger partial charge in [-0.3, -0.25) is 9.59 Å². The quantitative estimate of drug-likeness (QED) is 0.339. The van der Waals surface area contributed by atoms with Gasteiger partial charge in [0.2, 0.25) is 0 Å². The lowest BCUT2D eigenvalue weighted by Gasteiger charge is -2.57. The molecule has 1 aromatic carbocycles. The Labute approximate surface area is 226 Å². The fourth-order valence-corrected chi connectivity index (χ4v) is 5.57. The number of amides is 2. The number of primary amides is 1. The van der Waals surface area contributed by atoms with E-state index in [-0.39, 0.29) is 41.6 Å². The van der Waals surface area contributed by atoms with Crippen molar-refractivity contribution in [2.75, 3.05) is 6.61 Å². The molecule has 0 radical (unpaired) electrons. The molecule has 0 atom stereocenters. The van der Waals surface area contributed by atoms with Crippen molar-refractivity contribution in [3.63, 3.8) is 0 Å². The first-order valence-electron chi connectivity index (χ1n) is 13.3. The highest BCUT2D eigenvalue weighted by molar-refractivity contribution is 6.19. The predicted molar refractivity (Wildman–Crippen MR) is 142 cm³/mol. The van der Waals surface area contributed by atoms with Crippen molar-refractivity contribution in [2.45, 2.75) is 76.0 Å². The molecule has 5 rings (SSSR count). The Bertz CT molecular complexity index is 1300. The van der Waals surface area contributed by atoms with Crippen molar-refractivity contribution in [2.24, 2.45) is 16.9 Å². The number of carbonyl (C=O) groups is 2. The van der Waals surface area contributed by atoms with E-state index in [0.717, 1.165) is 50.3 Å². The zero-order valence-corrected chi connectivity index (χ0v) is 22.2. The molecule has 0 aliphatic heterocycles. The number of nitrogens with two attached hydrogens (primary N) is 2. The smallest absolute Gasteiger partial charge is 0.255 e. The number of benzene rings is 1. The lowest BCUT2D eigenvalue weighted by molar-refractivity contribution is -0.122. The van der Waals surface area contributed by atoms with Gasteiger partial charge < -0.3 is 31.4 Å². The highest BCUT2D eigenvalue weighted by Gasteiger charge is 2.54. The maximum absolute atomic E-state index is 13.5. The average Bonchev–Trinajstić information content (AvgIpc) is 3.66. The summed E-state index contributed by atoms with van der Waals surface area (Å²) >= 11 is 0. The molecule has 0 saturated heterocycles. The maximum atomic E-state index is 13.5. The van der Waals surface area contributed by atoms with E-state index in [1.807, 2.05) is 0 Å². The number of carbonyl (C=O) groups excluding carboxylic acids is 2. The Balaban J connectivity index is 1.15. The molecule has 1 spiro atoms. The van der Waals surface area contributed by atoms with E-state index in [2.05, 4.69) is 5.32 Å². The van der Waals surface area contributed by atoms with Gasteiger partial charge in [0.05, 0.1) is 34.2 Å². The summed E-state index contributed by atoms with van der Waals surface area (Å²) in [4.78, 5) is 29.4. The maximum Gasteiger partial charge on any atom is 0.255 e. The first-order valence-corrected chi connectivity index (χ1v) is 13.3. The standard InChI is InChI=1S/C29H35FN4O5/c1-28(2,37)15-38-24-8-6-22(34-25(24)16-3-4-16)21(14-31)27(36)33-18-10-29(11-18)12-19(13-29)39-23-7-5-17(30)9-20(23)26(32)35/h5-9,14,16,18-19,37H,3-4,10-13,15,31H2,1-2H3,(H2,32,35)(H,33,36). The number of ether oxygens (including phenoxy) is 2. The molecule has 3 fully saturated rings. The molecular formula is C29H35FN4O5. The molecule has 9 nitrogen and oxygen atoms in total. The predicted octanol–water partition coefficient (Wildman–Crippen LogP) is 3.15. The van der Waals surface area contributed by atoms with Crippen LogP contribution in [0.2, 0.25) is 0 Å². The minimum absolute atomic E-state index is 0.0118. The summed E-state index contributed by atoms with van der Waals surface area (Å²) in [5, 5.41) is 13.1. The first kappa shape index (κ1) is 26.9. The van der Waals surface area contributed by atoms with Crippen LogP contribution in [0.25, 0.3) is 5.57 Å². The molecule has 1 heterocycles. The third-order valence-corrected chi connectivity index (χ3v) is 7.63. The molecule has 39 heavy (non-hydrogen) atoms. The second-order valence-corrected chi connectivity index (χ2v) is 11.8. The SMILES string of the molecule is CC(C)(O)COc1ccc(C(=CN)C(=O)NC2CC3(C2)CC(Oc2ccc(F)cc2C(N)=O)C3)nc1C1CC1. The van der Waals surface area contributed by atoms with E-state index >= 15 is 0 Å². The Kier molecular flexibility index (Phi) is 7.00. The van der Waals surface area contributed by atoms with Gasteiger partial charge in [0.25, 0.3) is 11.8 Å².